The summed E-state index contributed by atoms with van der Waals surface area (Å²) in [5.74, 6) is -0.978. The summed E-state index contributed by atoms with van der Waals surface area (Å²) in [7, 11) is -1.19. The number of nitrogens with zero attached hydrogens (tertiary/aromatic N) is 1. The van der Waals surface area contributed by atoms with Crippen molar-refractivity contribution in [2.45, 2.75) is 29.0 Å². The summed E-state index contributed by atoms with van der Waals surface area (Å²) < 4.78 is 44.3. The molecular formula is C20H22FNO4S2. The normalized spacial score (nSPS) is 17.2. The Kier molecular flexibility index (Phi) is 6.74. The Morgan fingerprint density at radius 1 is 1.11 bits per heavy atom. The average molecular weight is 424 g/mol. The van der Waals surface area contributed by atoms with Crippen molar-refractivity contribution in [2.24, 2.45) is 0 Å². The van der Waals surface area contributed by atoms with Crippen molar-refractivity contribution in [3.8, 4) is 0 Å². The lowest BCUT2D eigenvalue weighted by Gasteiger charge is -2.36. The molecule has 1 aliphatic rings. The second-order valence-electron chi connectivity index (χ2n) is 6.55. The Balaban J connectivity index is 1.69. The smallest absolute Gasteiger partial charge is 0.327 e. The minimum Gasteiger partial charge on any atom is -0.468 e. The number of carbonyl (C=O) groups is 1. The lowest BCUT2D eigenvalue weighted by atomic mass is 10.0. The molecule has 1 saturated heterocycles. The number of piperidine rings is 1. The second kappa shape index (κ2) is 9.07. The first kappa shape index (κ1) is 20.8. The van der Waals surface area contributed by atoms with Gasteiger partial charge in [0.2, 0.25) is 8.87 Å². The molecule has 1 unspecified atom stereocenters. The number of esters is 1. The van der Waals surface area contributed by atoms with Gasteiger partial charge in [0.25, 0.3) is 0 Å². The number of hydrogen-bond acceptors (Lipinski definition) is 6. The van der Waals surface area contributed by atoms with Crippen LogP contribution in [0.25, 0.3) is 0 Å². The van der Waals surface area contributed by atoms with Crippen LogP contribution < -0.4 is 0 Å². The molecule has 0 bridgehead atoms. The van der Waals surface area contributed by atoms with Gasteiger partial charge in [-0.3, -0.25) is 4.90 Å². The third-order valence-corrected chi connectivity index (χ3v) is 8.76. The highest BCUT2D eigenvalue weighted by Gasteiger charge is 2.35. The molecule has 1 atom stereocenters. The van der Waals surface area contributed by atoms with Gasteiger partial charge in [0.15, 0.2) is 0 Å². The number of hydrogen-bond donors (Lipinski definition) is 0. The van der Waals surface area contributed by atoms with Crippen LogP contribution in [0.15, 0.2) is 59.5 Å². The zero-order chi connectivity index (χ0) is 20.1. The summed E-state index contributed by atoms with van der Waals surface area (Å²) in [5.41, 5.74) is 0.275. The molecule has 28 heavy (non-hydrogen) atoms. The van der Waals surface area contributed by atoms with Gasteiger partial charge in [0.05, 0.1) is 12.0 Å². The van der Waals surface area contributed by atoms with Crippen molar-refractivity contribution in [2.75, 3.05) is 20.2 Å². The van der Waals surface area contributed by atoms with E-state index >= 15 is 0 Å². The van der Waals surface area contributed by atoms with Gasteiger partial charge in [0.1, 0.15) is 11.9 Å². The van der Waals surface area contributed by atoms with E-state index in [1.807, 2.05) is 4.90 Å². The Bertz CT molecular complexity index is 913. The minimum absolute atomic E-state index is 0.0830. The van der Waals surface area contributed by atoms with Crippen LogP contribution in [-0.2, 0) is 18.4 Å². The van der Waals surface area contributed by atoms with Gasteiger partial charge < -0.3 is 4.74 Å². The summed E-state index contributed by atoms with van der Waals surface area (Å²) in [6.45, 7) is 0.964. The van der Waals surface area contributed by atoms with E-state index in [2.05, 4.69) is 0 Å². The van der Waals surface area contributed by atoms with Gasteiger partial charge in [-0.25, -0.2) is 17.6 Å². The molecule has 0 spiro atoms. The summed E-state index contributed by atoms with van der Waals surface area (Å²) >= 11 is 0. The monoisotopic (exact) mass is 423 g/mol. The highest BCUT2D eigenvalue weighted by molar-refractivity contribution is 8.72. The van der Waals surface area contributed by atoms with Gasteiger partial charge >= 0.3 is 5.97 Å². The molecule has 5 nitrogen and oxygen atoms in total. The van der Waals surface area contributed by atoms with Gasteiger partial charge in [-0.05, 0) is 41.8 Å². The van der Waals surface area contributed by atoms with Crippen molar-refractivity contribution < 1.29 is 22.3 Å². The molecule has 8 heteroatoms. The first-order valence-electron chi connectivity index (χ1n) is 8.97. The molecule has 0 aliphatic carbocycles. The predicted octanol–water partition coefficient (Wildman–Crippen LogP) is 3.63. The van der Waals surface area contributed by atoms with E-state index in [0.717, 1.165) is 10.8 Å². The van der Waals surface area contributed by atoms with Crippen LogP contribution in [0.1, 0.15) is 24.4 Å². The number of carbonyl (C=O) groups excluding carboxylic acids is 1. The lowest BCUT2D eigenvalue weighted by Crippen LogP contribution is -2.41. The van der Waals surface area contributed by atoms with Crippen LogP contribution in [0.2, 0.25) is 0 Å². The third-order valence-electron chi connectivity index (χ3n) is 4.76. The second-order valence-corrected chi connectivity index (χ2v) is 10.7. The Labute approximate surface area is 168 Å². The van der Waals surface area contributed by atoms with E-state index < -0.39 is 26.7 Å². The Morgan fingerprint density at radius 3 is 2.32 bits per heavy atom. The number of methoxy groups -OCH3 is 1. The molecule has 3 rings (SSSR count). The maximum atomic E-state index is 14.3. The zero-order valence-electron chi connectivity index (χ0n) is 15.5. The molecule has 0 radical (unpaired) electrons. The fourth-order valence-electron chi connectivity index (χ4n) is 3.33. The van der Waals surface area contributed by atoms with Crippen LogP contribution in [0, 0.1) is 5.82 Å². The first-order chi connectivity index (χ1) is 13.4. The molecule has 1 heterocycles. The van der Waals surface area contributed by atoms with E-state index in [9.17, 15) is 17.6 Å². The lowest BCUT2D eigenvalue weighted by molar-refractivity contribution is -0.147. The largest absolute Gasteiger partial charge is 0.468 e. The predicted molar refractivity (Wildman–Crippen MR) is 107 cm³/mol. The molecule has 2 aromatic carbocycles. The SMILES string of the molecule is COC(=O)C(c1ccccc1F)N1CCC(SS(=O)(=O)c2ccccc2)CC1. The molecule has 0 aromatic heterocycles. The molecule has 2 aromatic rings. The van der Waals surface area contributed by atoms with E-state index in [1.165, 1.54) is 13.2 Å². The summed E-state index contributed by atoms with van der Waals surface area (Å²) in [6.07, 6.45) is 1.16. The van der Waals surface area contributed by atoms with E-state index in [1.54, 1.807) is 48.5 Å². The van der Waals surface area contributed by atoms with Gasteiger partial charge in [0, 0.05) is 23.9 Å². The third kappa shape index (κ3) is 4.74. The van der Waals surface area contributed by atoms with Crippen LogP contribution in [0.3, 0.4) is 0 Å². The van der Waals surface area contributed by atoms with Gasteiger partial charge in [-0.2, -0.15) is 0 Å². The van der Waals surface area contributed by atoms with Gasteiger partial charge in [-0.15, -0.1) is 0 Å². The molecule has 150 valence electrons. The molecule has 0 saturated carbocycles. The minimum atomic E-state index is -3.43. The first-order valence-corrected chi connectivity index (χ1v) is 11.8. The Hall–Kier alpha value is -1.90. The molecule has 1 aliphatic heterocycles. The highest BCUT2D eigenvalue weighted by Crippen LogP contribution is 2.35. The summed E-state index contributed by atoms with van der Waals surface area (Å²) in [4.78, 5) is 14.5. The summed E-state index contributed by atoms with van der Waals surface area (Å²) in [6, 6.07) is 13.7. The summed E-state index contributed by atoms with van der Waals surface area (Å²) in [5, 5.41) is -0.0830. The van der Waals surface area contributed by atoms with Crippen LogP contribution >= 0.6 is 10.8 Å². The van der Waals surface area contributed by atoms with Crippen LogP contribution in [-0.4, -0.2) is 44.7 Å². The number of benzene rings is 2. The van der Waals surface area contributed by atoms with Gasteiger partial charge in [-0.1, -0.05) is 36.4 Å². The van der Waals surface area contributed by atoms with Crippen LogP contribution in [0.5, 0.6) is 0 Å². The number of likely N-dealkylation sites (tertiary alicyclic amines) is 1. The molecule has 0 amide bonds. The standard InChI is InChI=1S/C20H22FNO4S2/c1-26-20(23)19(17-9-5-6-10-18(17)21)22-13-11-15(12-14-22)27-28(24,25)16-7-3-2-4-8-16/h2-10,15,19H,11-14H2,1H3. The maximum absolute atomic E-state index is 14.3. The van der Waals surface area contributed by atoms with Crippen LogP contribution in [0.4, 0.5) is 4.39 Å². The zero-order valence-corrected chi connectivity index (χ0v) is 17.1. The van der Waals surface area contributed by atoms with E-state index in [0.29, 0.717) is 30.8 Å². The van der Waals surface area contributed by atoms with Crippen molar-refractivity contribution in [3.05, 3.63) is 66.0 Å². The molecule has 1 fully saturated rings. The maximum Gasteiger partial charge on any atom is 0.327 e. The number of ether oxygens (including phenoxy) is 1. The fraction of sp³-hybridized carbons (Fsp3) is 0.350. The number of rotatable bonds is 6. The van der Waals surface area contributed by atoms with Crippen molar-refractivity contribution in [1.82, 2.24) is 4.90 Å². The molecular weight excluding hydrogens is 401 g/mol. The Morgan fingerprint density at radius 2 is 1.71 bits per heavy atom. The number of halogens is 1. The van der Waals surface area contributed by atoms with Crippen molar-refractivity contribution >= 4 is 25.6 Å². The van der Waals surface area contributed by atoms with Crippen molar-refractivity contribution in [3.63, 3.8) is 0 Å². The van der Waals surface area contributed by atoms with E-state index in [4.69, 9.17) is 4.74 Å². The fourth-order valence-corrected chi connectivity index (χ4v) is 7.02. The topological polar surface area (TPSA) is 63.7 Å². The highest BCUT2D eigenvalue weighted by atomic mass is 33.1. The quantitative estimate of drug-likeness (QED) is 0.522. The van der Waals surface area contributed by atoms with E-state index in [-0.39, 0.29) is 10.8 Å². The molecule has 0 N–H and O–H groups in total. The van der Waals surface area contributed by atoms with Crippen molar-refractivity contribution in [1.29, 1.82) is 0 Å². The average Bonchev–Trinajstić information content (AvgIpc) is 2.71.